The second-order valence-corrected chi connectivity index (χ2v) is 7.44. The molecule has 0 fully saturated rings. The highest BCUT2D eigenvalue weighted by molar-refractivity contribution is 6.30. The number of nitrogens with zero attached hydrogens (tertiary/aromatic N) is 3. The molecule has 1 aromatic carbocycles. The van der Waals surface area contributed by atoms with Gasteiger partial charge in [0.25, 0.3) is 0 Å². The van der Waals surface area contributed by atoms with Gasteiger partial charge >= 0.3 is 5.97 Å². The summed E-state index contributed by atoms with van der Waals surface area (Å²) in [5, 5.41) is 5.01. The Bertz CT molecular complexity index is 1030. The largest absolute Gasteiger partial charge is 0.497 e. The van der Waals surface area contributed by atoms with E-state index in [0.29, 0.717) is 17.6 Å². The van der Waals surface area contributed by atoms with Gasteiger partial charge in [-0.2, -0.15) is 0 Å². The second kappa shape index (κ2) is 8.29. The van der Waals surface area contributed by atoms with Crippen molar-refractivity contribution in [3.63, 3.8) is 0 Å². The number of nitrogens with one attached hydrogen (secondary N) is 1. The Morgan fingerprint density at radius 1 is 1.34 bits per heavy atom. The number of rotatable bonds is 6. The van der Waals surface area contributed by atoms with Crippen LogP contribution in [0.25, 0.3) is 10.9 Å². The maximum absolute atomic E-state index is 12.2. The normalized spacial score (nSPS) is 15.8. The Balaban J connectivity index is 1.68. The Kier molecular flexibility index (Phi) is 5.58. The monoisotopic (exact) mass is 414 g/mol. The molecule has 2 aromatic heterocycles. The van der Waals surface area contributed by atoms with Crippen molar-refractivity contribution in [1.29, 1.82) is 0 Å². The molecule has 8 heteroatoms. The number of anilines is 1. The van der Waals surface area contributed by atoms with E-state index in [1.165, 1.54) is 11.3 Å². The fourth-order valence-corrected chi connectivity index (χ4v) is 4.06. The van der Waals surface area contributed by atoms with Gasteiger partial charge in [0.2, 0.25) is 5.95 Å². The molecular formula is C21H23ClN4O3. The molecule has 0 bridgehead atoms. The number of hydrogen-bond acceptors (Lipinski definition) is 6. The van der Waals surface area contributed by atoms with Crippen molar-refractivity contribution in [2.24, 2.45) is 0 Å². The van der Waals surface area contributed by atoms with Crippen molar-refractivity contribution in [3.8, 4) is 5.75 Å². The van der Waals surface area contributed by atoms with E-state index < -0.39 is 0 Å². The van der Waals surface area contributed by atoms with E-state index in [9.17, 15) is 4.79 Å². The van der Waals surface area contributed by atoms with Gasteiger partial charge in [0.05, 0.1) is 31.1 Å². The molecule has 7 nitrogen and oxygen atoms in total. The molecule has 0 amide bonds. The van der Waals surface area contributed by atoms with Gasteiger partial charge in [0, 0.05) is 22.6 Å². The zero-order valence-corrected chi connectivity index (χ0v) is 17.2. The third-order valence-corrected chi connectivity index (χ3v) is 5.42. The number of hydrogen-bond donors (Lipinski definition) is 1. The molecule has 1 atom stereocenters. The molecule has 0 aliphatic heterocycles. The van der Waals surface area contributed by atoms with Gasteiger partial charge in [-0.15, -0.1) is 0 Å². The first-order chi connectivity index (χ1) is 14.1. The fraction of sp³-hybridized carbons (Fsp3) is 0.381. The Hall–Kier alpha value is -2.80. The number of carbonyl (C=O) groups is 1. The SMILES string of the molecule is CCOC(=O)Cn1c2c(c3cc(OC)ccc31)CC(Nc1ncc(Cl)cn1)CC2. The summed E-state index contributed by atoms with van der Waals surface area (Å²) < 4.78 is 12.7. The summed E-state index contributed by atoms with van der Waals surface area (Å²) in [4.78, 5) is 20.7. The van der Waals surface area contributed by atoms with E-state index in [-0.39, 0.29) is 18.6 Å². The number of benzene rings is 1. The molecule has 1 aliphatic rings. The molecule has 0 radical (unpaired) electrons. The first kappa shape index (κ1) is 19.5. The molecule has 1 aliphatic carbocycles. The van der Waals surface area contributed by atoms with Crippen LogP contribution < -0.4 is 10.1 Å². The maximum atomic E-state index is 12.2. The van der Waals surface area contributed by atoms with E-state index in [2.05, 4.69) is 19.9 Å². The van der Waals surface area contributed by atoms with E-state index in [0.717, 1.165) is 35.9 Å². The fourth-order valence-electron chi connectivity index (χ4n) is 3.96. The van der Waals surface area contributed by atoms with Crippen molar-refractivity contribution in [1.82, 2.24) is 14.5 Å². The number of halogens is 1. The molecular weight excluding hydrogens is 392 g/mol. The molecule has 1 N–H and O–H groups in total. The quantitative estimate of drug-likeness (QED) is 0.620. The summed E-state index contributed by atoms with van der Waals surface area (Å²) in [5.41, 5.74) is 3.42. The Morgan fingerprint density at radius 2 is 2.14 bits per heavy atom. The minimum absolute atomic E-state index is 0.191. The lowest BCUT2D eigenvalue weighted by Crippen LogP contribution is -2.29. The summed E-state index contributed by atoms with van der Waals surface area (Å²) >= 11 is 5.88. The highest BCUT2D eigenvalue weighted by Gasteiger charge is 2.27. The maximum Gasteiger partial charge on any atom is 0.325 e. The average Bonchev–Trinajstić information content (AvgIpc) is 3.02. The van der Waals surface area contributed by atoms with Gasteiger partial charge in [-0.3, -0.25) is 4.79 Å². The van der Waals surface area contributed by atoms with Crippen LogP contribution in [0.15, 0.2) is 30.6 Å². The topological polar surface area (TPSA) is 78.3 Å². The van der Waals surface area contributed by atoms with Crippen LogP contribution in [0.5, 0.6) is 5.75 Å². The molecule has 1 unspecified atom stereocenters. The zero-order valence-electron chi connectivity index (χ0n) is 16.4. The van der Waals surface area contributed by atoms with Crippen molar-refractivity contribution < 1.29 is 14.3 Å². The minimum Gasteiger partial charge on any atom is -0.497 e. The molecule has 2 heterocycles. The smallest absolute Gasteiger partial charge is 0.325 e. The number of carbonyl (C=O) groups excluding carboxylic acids is 1. The lowest BCUT2D eigenvalue weighted by atomic mass is 9.91. The van der Waals surface area contributed by atoms with Crippen LogP contribution in [0.2, 0.25) is 5.02 Å². The lowest BCUT2D eigenvalue weighted by Gasteiger charge is -2.25. The van der Waals surface area contributed by atoms with Crippen LogP contribution in [0.4, 0.5) is 5.95 Å². The number of fused-ring (bicyclic) bond motifs is 3. The highest BCUT2D eigenvalue weighted by atomic mass is 35.5. The van der Waals surface area contributed by atoms with Crippen molar-refractivity contribution in [3.05, 3.63) is 46.9 Å². The first-order valence-corrected chi connectivity index (χ1v) is 10.0. The lowest BCUT2D eigenvalue weighted by molar-refractivity contribution is -0.143. The Labute approximate surface area is 174 Å². The first-order valence-electron chi connectivity index (χ1n) is 9.66. The predicted octanol–water partition coefficient (Wildman–Crippen LogP) is 3.63. The van der Waals surface area contributed by atoms with E-state index in [1.807, 2.05) is 25.1 Å². The highest BCUT2D eigenvalue weighted by Crippen LogP contribution is 2.35. The molecule has 0 saturated carbocycles. The minimum atomic E-state index is -0.224. The average molecular weight is 415 g/mol. The van der Waals surface area contributed by atoms with Gasteiger partial charge in [-0.05, 0) is 49.9 Å². The molecule has 3 aromatic rings. The van der Waals surface area contributed by atoms with Crippen LogP contribution in [0.1, 0.15) is 24.6 Å². The van der Waals surface area contributed by atoms with Gasteiger partial charge in [-0.25, -0.2) is 9.97 Å². The van der Waals surface area contributed by atoms with E-state index in [4.69, 9.17) is 21.1 Å². The Morgan fingerprint density at radius 3 is 2.86 bits per heavy atom. The van der Waals surface area contributed by atoms with Crippen LogP contribution in [0, 0.1) is 0 Å². The van der Waals surface area contributed by atoms with E-state index in [1.54, 1.807) is 19.5 Å². The molecule has 0 spiro atoms. The van der Waals surface area contributed by atoms with Gasteiger partial charge in [0.15, 0.2) is 0 Å². The number of ether oxygens (including phenoxy) is 2. The number of esters is 1. The standard InChI is InChI=1S/C21H23ClN4O3/c1-3-29-20(27)12-26-18-6-4-14(25-21-23-10-13(22)11-24-21)8-16(18)17-9-15(28-2)5-7-19(17)26/h5,7,9-11,14H,3-4,6,8,12H2,1-2H3,(H,23,24,25). The van der Waals surface area contributed by atoms with Crippen LogP contribution in [-0.4, -0.2) is 40.3 Å². The van der Waals surface area contributed by atoms with Gasteiger partial charge in [0.1, 0.15) is 12.3 Å². The summed E-state index contributed by atoms with van der Waals surface area (Å²) in [6.45, 7) is 2.41. The molecule has 4 rings (SSSR count). The third kappa shape index (κ3) is 4.00. The van der Waals surface area contributed by atoms with Crippen LogP contribution in [-0.2, 0) is 28.9 Å². The van der Waals surface area contributed by atoms with Crippen molar-refractivity contribution in [2.45, 2.75) is 38.8 Å². The summed E-state index contributed by atoms with van der Waals surface area (Å²) in [7, 11) is 1.66. The second-order valence-electron chi connectivity index (χ2n) is 7.01. The third-order valence-electron chi connectivity index (χ3n) is 5.22. The number of aromatic nitrogens is 3. The summed E-state index contributed by atoms with van der Waals surface area (Å²) in [5.74, 6) is 1.14. The number of methoxy groups -OCH3 is 1. The molecule has 152 valence electrons. The van der Waals surface area contributed by atoms with Crippen LogP contribution >= 0.6 is 11.6 Å². The molecule has 0 saturated heterocycles. The van der Waals surface area contributed by atoms with Gasteiger partial charge in [-0.1, -0.05) is 11.6 Å². The van der Waals surface area contributed by atoms with E-state index >= 15 is 0 Å². The van der Waals surface area contributed by atoms with Crippen LogP contribution in [0.3, 0.4) is 0 Å². The molecule has 29 heavy (non-hydrogen) atoms. The summed E-state index contributed by atoms with van der Waals surface area (Å²) in [6.07, 6.45) is 5.73. The summed E-state index contributed by atoms with van der Waals surface area (Å²) in [6, 6.07) is 6.16. The van der Waals surface area contributed by atoms with Crippen molar-refractivity contribution in [2.75, 3.05) is 19.0 Å². The zero-order chi connectivity index (χ0) is 20.4. The van der Waals surface area contributed by atoms with Gasteiger partial charge < -0.3 is 19.4 Å². The van der Waals surface area contributed by atoms with Crippen molar-refractivity contribution >= 4 is 34.4 Å². The predicted molar refractivity (Wildman–Crippen MR) is 112 cm³/mol.